The van der Waals surface area contributed by atoms with Crippen LogP contribution in [0.5, 0.6) is 0 Å². The number of aryl methyl sites for hydroxylation is 1. The highest BCUT2D eigenvalue weighted by atomic mass is 15.3. The number of anilines is 2. The molecule has 0 bridgehead atoms. The number of nitrogens with zero attached hydrogens (tertiary/aromatic N) is 4. The second-order valence-electron chi connectivity index (χ2n) is 4.31. The topological polar surface area (TPSA) is 59.4 Å². The van der Waals surface area contributed by atoms with Gasteiger partial charge in [-0.15, -0.1) is 5.10 Å². The van der Waals surface area contributed by atoms with E-state index in [-0.39, 0.29) is 0 Å². The predicted octanol–water partition coefficient (Wildman–Crippen LogP) is 1.22. The highest BCUT2D eigenvalue weighted by Gasteiger charge is 2.15. The molecule has 3 heterocycles. The Morgan fingerprint density at radius 2 is 2.06 bits per heavy atom. The molecule has 84 valence electrons. The Bertz CT molecular complexity index is 524. The Labute approximate surface area is 93.9 Å². The number of nitrogen functional groups attached to an aromatic ring is 1. The van der Waals surface area contributed by atoms with Gasteiger partial charge in [0.25, 0.3) is 0 Å². The smallest absolute Gasteiger partial charge is 0.240 e. The van der Waals surface area contributed by atoms with E-state index in [0.717, 1.165) is 18.7 Å². The summed E-state index contributed by atoms with van der Waals surface area (Å²) in [6.45, 7) is 4.38. The predicted molar refractivity (Wildman–Crippen MR) is 63.6 cm³/mol. The molecule has 0 saturated carbocycles. The van der Waals surface area contributed by atoms with E-state index in [9.17, 15) is 0 Å². The van der Waals surface area contributed by atoms with Gasteiger partial charge in [0.15, 0.2) is 5.65 Å². The fourth-order valence-corrected chi connectivity index (χ4v) is 2.32. The molecule has 5 heteroatoms. The number of fused-ring (bicyclic) bond motifs is 1. The summed E-state index contributed by atoms with van der Waals surface area (Å²) in [4.78, 5) is 6.55. The molecular weight excluding hydrogens is 202 g/mol. The molecule has 2 N–H and O–H groups in total. The normalized spacial score (nSPS) is 16.2. The summed E-state index contributed by atoms with van der Waals surface area (Å²) in [5, 5.41) is 4.14. The maximum Gasteiger partial charge on any atom is 0.240 e. The van der Waals surface area contributed by atoms with Crippen LogP contribution in [0.1, 0.15) is 18.4 Å². The van der Waals surface area contributed by atoms with Crippen molar-refractivity contribution in [1.29, 1.82) is 0 Å². The Kier molecular flexibility index (Phi) is 1.99. The maximum absolute atomic E-state index is 5.59. The highest BCUT2D eigenvalue weighted by molar-refractivity contribution is 5.58. The average Bonchev–Trinajstić information content (AvgIpc) is 2.83. The minimum atomic E-state index is 0.331. The van der Waals surface area contributed by atoms with Crippen LogP contribution in [0.15, 0.2) is 12.3 Å². The second kappa shape index (κ2) is 3.37. The lowest BCUT2D eigenvalue weighted by Gasteiger charge is -2.19. The zero-order valence-electron chi connectivity index (χ0n) is 9.35. The minimum absolute atomic E-state index is 0.331. The first-order valence-corrected chi connectivity index (χ1v) is 5.61. The van der Waals surface area contributed by atoms with Gasteiger partial charge >= 0.3 is 0 Å². The second-order valence-corrected chi connectivity index (χ2v) is 4.31. The fraction of sp³-hybridized carbons (Fsp3) is 0.455. The quantitative estimate of drug-likeness (QED) is 0.780. The molecule has 0 radical (unpaired) electrons. The van der Waals surface area contributed by atoms with Crippen LogP contribution in [0.25, 0.3) is 5.65 Å². The summed E-state index contributed by atoms with van der Waals surface area (Å²) >= 11 is 0. The largest absolute Gasteiger partial charge is 0.370 e. The molecule has 0 aliphatic carbocycles. The maximum atomic E-state index is 5.59. The van der Waals surface area contributed by atoms with Crippen molar-refractivity contribution >= 4 is 17.3 Å². The summed E-state index contributed by atoms with van der Waals surface area (Å²) in [5.41, 5.74) is 8.89. The zero-order valence-corrected chi connectivity index (χ0v) is 9.35. The molecule has 5 nitrogen and oxygen atoms in total. The van der Waals surface area contributed by atoms with E-state index < -0.39 is 0 Å². The van der Waals surface area contributed by atoms with Gasteiger partial charge in [0.2, 0.25) is 5.95 Å². The van der Waals surface area contributed by atoms with Crippen molar-refractivity contribution in [2.75, 3.05) is 23.7 Å². The van der Waals surface area contributed by atoms with Crippen LogP contribution in [-0.2, 0) is 0 Å². The lowest BCUT2D eigenvalue weighted by molar-refractivity contribution is 0.913. The van der Waals surface area contributed by atoms with Crippen molar-refractivity contribution in [3.63, 3.8) is 0 Å². The van der Waals surface area contributed by atoms with Crippen molar-refractivity contribution in [2.24, 2.45) is 0 Å². The Balaban J connectivity index is 2.12. The van der Waals surface area contributed by atoms with Gasteiger partial charge in [-0.05, 0) is 31.4 Å². The van der Waals surface area contributed by atoms with Crippen LogP contribution >= 0.6 is 0 Å². The lowest BCUT2D eigenvalue weighted by atomic mass is 10.2. The molecule has 3 rings (SSSR count). The fourth-order valence-electron chi connectivity index (χ4n) is 2.32. The molecular formula is C11H15N5. The van der Waals surface area contributed by atoms with Crippen molar-refractivity contribution in [1.82, 2.24) is 14.6 Å². The third-order valence-electron chi connectivity index (χ3n) is 3.11. The first-order valence-electron chi connectivity index (χ1n) is 5.61. The summed E-state index contributed by atoms with van der Waals surface area (Å²) in [6.07, 6.45) is 4.58. The van der Waals surface area contributed by atoms with E-state index in [4.69, 9.17) is 5.73 Å². The first-order chi connectivity index (χ1) is 7.74. The van der Waals surface area contributed by atoms with Gasteiger partial charge in [-0.1, -0.05) is 0 Å². The number of hydrogen-bond acceptors (Lipinski definition) is 4. The van der Waals surface area contributed by atoms with Gasteiger partial charge in [-0.25, -0.2) is 4.52 Å². The van der Waals surface area contributed by atoms with E-state index in [1.165, 1.54) is 24.1 Å². The number of nitrogens with two attached hydrogens (primary N) is 1. The monoisotopic (exact) mass is 217 g/mol. The van der Waals surface area contributed by atoms with E-state index in [0.29, 0.717) is 5.95 Å². The van der Waals surface area contributed by atoms with Crippen LogP contribution in [0.3, 0.4) is 0 Å². The number of pyridine rings is 1. The van der Waals surface area contributed by atoms with E-state index >= 15 is 0 Å². The van der Waals surface area contributed by atoms with Crippen molar-refractivity contribution in [2.45, 2.75) is 19.8 Å². The summed E-state index contributed by atoms with van der Waals surface area (Å²) in [6, 6.07) is 2.04. The highest BCUT2D eigenvalue weighted by Crippen LogP contribution is 2.24. The van der Waals surface area contributed by atoms with Crippen LogP contribution in [0, 0.1) is 6.92 Å². The van der Waals surface area contributed by atoms with Crippen LogP contribution in [-0.4, -0.2) is 27.7 Å². The van der Waals surface area contributed by atoms with Gasteiger partial charge in [0.1, 0.15) is 0 Å². The molecule has 2 aromatic heterocycles. The SMILES string of the molecule is Cc1cc2nc(N)nn2cc1N1CCCC1. The van der Waals surface area contributed by atoms with Crippen LogP contribution < -0.4 is 10.6 Å². The molecule has 0 aromatic carbocycles. The first kappa shape index (κ1) is 9.45. The molecule has 1 aliphatic heterocycles. The number of hydrogen-bond donors (Lipinski definition) is 1. The third kappa shape index (κ3) is 1.39. The molecule has 1 aliphatic rings. The van der Waals surface area contributed by atoms with E-state index in [2.05, 4.69) is 21.9 Å². The molecule has 0 spiro atoms. The standard InChI is InChI=1S/C11H15N5/c1-8-6-10-13-11(12)14-16(10)7-9(8)15-4-2-3-5-15/h6-7H,2-5H2,1H3,(H2,12,14). The van der Waals surface area contributed by atoms with E-state index in [1.54, 1.807) is 4.52 Å². The Morgan fingerprint density at radius 3 is 2.81 bits per heavy atom. The molecule has 1 saturated heterocycles. The lowest BCUT2D eigenvalue weighted by Crippen LogP contribution is -2.19. The van der Waals surface area contributed by atoms with Gasteiger partial charge in [0, 0.05) is 13.1 Å². The molecule has 0 amide bonds. The van der Waals surface area contributed by atoms with Crippen LogP contribution in [0.2, 0.25) is 0 Å². The van der Waals surface area contributed by atoms with Crippen LogP contribution in [0.4, 0.5) is 11.6 Å². The average molecular weight is 217 g/mol. The van der Waals surface area contributed by atoms with E-state index in [1.807, 2.05) is 12.3 Å². The van der Waals surface area contributed by atoms with Gasteiger partial charge in [-0.2, -0.15) is 4.98 Å². The molecule has 2 aromatic rings. The Hall–Kier alpha value is -1.78. The Morgan fingerprint density at radius 1 is 1.31 bits per heavy atom. The van der Waals surface area contributed by atoms with Gasteiger partial charge in [0.05, 0.1) is 11.9 Å². The number of aromatic nitrogens is 3. The third-order valence-corrected chi connectivity index (χ3v) is 3.11. The summed E-state index contributed by atoms with van der Waals surface area (Å²) in [5.74, 6) is 0.331. The molecule has 0 atom stereocenters. The molecule has 0 unspecified atom stereocenters. The minimum Gasteiger partial charge on any atom is -0.370 e. The summed E-state index contributed by atoms with van der Waals surface area (Å²) < 4.78 is 1.76. The molecule has 1 fully saturated rings. The molecule has 16 heavy (non-hydrogen) atoms. The van der Waals surface area contributed by atoms with Crippen molar-refractivity contribution < 1.29 is 0 Å². The van der Waals surface area contributed by atoms with Gasteiger partial charge in [-0.3, -0.25) is 0 Å². The zero-order chi connectivity index (χ0) is 11.1. The summed E-state index contributed by atoms with van der Waals surface area (Å²) in [7, 11) is 0. The van der Waals surface area contributed by atoms with Gasteiger partial charge < -0.3 is 10.6 Å². The number of rotatable bonds is 1. The van der Waals surface area contributed by atoms with Crippen molar-refractivity contribution in [3.05, 3.63) is 17.8 Å². The van der Waals surface area contributed by atoms with Crippen molar-refractivity contribution in [3.8, 4) is 0 Å².